The van der Waals surface area contributed by atoms with Gasteiger partial charge in [0.15, 0.2) is 0 Å². The van der Waals surface area contributed by atoms with Crippen molar-refractivity contribution in [3.05, 3.63) is 28.5 Å². The van der Waals surface area contributed by atoms with Gasteiger partial charge >= 0.3 is 5.97 Å². The lowest BCUT2D eigenvalue weighted by Gasteiger charge is -2.19. The summed E-state index contributed by atoms with van der Waals surface area (Å²) in [5, 5.41) is 11.7. The van der Waals surface area contributed by atoms with Crippen LogP contribution in [0.3, 0.4) is 0 Å². The number of hydrogen-bond donors (Lipinski definition) is 2. The molecule has 3 nitrogen and oxygen atoms in total. The van der Waals surface area contributed by atoms with Crippen LogP contribution >= 0.6 is 15.9 Å². The number of hydrogen-bond acceptors (Lipinski definition) is 2. The Balaban J connectivity index is 2.86. The summed E-state index contributed by atoms with van der Waals surface area (Å²) in [6, 6.07) is 3.71. The van der Waals surface area contributed by atoms with Crippen LogP contribution in [0.5, 0.6) is 0 Å². The first-order valence-electron chi connectivity index (χ1n) is 4.86. The first-order valence-corrected chi connectivity index (χ1v) is 5.65. The average Bonchev–Trinajstić information content (AvgIpc) is 2.18. The molecule has 0 heterocycles. The number of carbonyl (C=O) groups is 1. The standard InChI is InChI=1S/C11H13BrFNO2/c1-6(2)10(11(15)16)14-7-3-4-8(12)9(13)5-7/h3-6,10,14H,1-2H3,(H,15,16). The summed E-state index contributed by atoms with van der Waals surface area (Å²) >= 11 is 3.03. The number of aliphatic carboxylic acids is 1. The van der Waals surface area contributed by atoms with Gasteiger partial charge in [-0.15, -0.1) is 0 Å². The van der Waals surface area contributed by atoms with E-state index in [0.29, 0.717) is 10.2 Å². The van der Waals surface area contributed by atoms with Crippen LogP contribution in [0.15, 0.2) is 22.7 Å². The first kappa shape index (κ1) is 13.0. The minimum Gasteiger partial charge on any atom is -0.480 e. The molecule has 0 aliphatic rings. The molecule has 2 N–H and O–H groups in total. The quantitative estimate of drug-likeness (QED) is 0.895. The summed E-state index contributed by atoms with van der Waals surface area (Å²) in [7, 11) is 0. The molecule has 1 rings (SSSR count). The van der Waals surface area contributed by atoms with Gasteiger partial charge in [0.05, 0.1) is 4.47 Å². The van der Waals surface area contributed by atoms with E-state index in [4.69, 9.17) is 5.11 Å². The molecule has 0 spiro atoms. The highest BCUT2D eigenvalue weighted by Gasteiger charge is 2.21. The van der Waals surface area contributed by atoms with Crippen LogP contribution in [0.1, 0.15) is 13.8 Å². The Morgan fingerprint density at radius 3 is 2.56 bits per heavy atom. The highest BCUT2D eigenvalue weighted by Crippen LogP contribution is 2.21. The molecule has 0 saturated heterocycles. The number of carboxylic acids is 1. The average molecular weight is 290 g/mol. The molecule has 5 heteroatoms. The third kappa shape index (κ3) is 3.20. The summed E-state index contributed by atoms with van der Waals surface area (Å²) in [4.78, 5) is 10.9. The molecule has 1 aromatic rings. The Bertz CT molecular complexity index is 396. The molecule has 0 saturated carbocycles. The van der Waals surface area contributed by atoms with Crippen LogP contribution in [-0.4, -0.2) is 17.1 Å². The van der Waals surface area contributed by atoms with Gasteiger partial charge in [-0.3, -0.25) is 0 Å². The van der Waals surface area contributed by atoms with Crippen molar-refractivity contribution in [3.8, 4) is 0 Å². The summed E-state index contributed by atoms with van der Waals surface area (Å²) < 4.78 is 13.6. The maximum absolute atomic E-state index is 13.2. The molecule has 0 radical (unpaired) electrons. The van der Waals surface area contributed by atoms with Gasteiger partial charge in [-0.2, -0.15) is 0 Å². The molecule has 16 heavy (non-hydrogen) atoms. The van der Waals surface area contributed by atoms with E-state index in [2.05, 4.69) is 21.2 Å². The molecule has 0 bridgehead atoms. The van der Waals surface area contributed by atoms with E-state index in [1.54, 1.807) is 19.9 Å². The van der Waals surface area contributed by atoms with E-state index >= 15 is 0 Å². The smallest absolute Gasteiger partial charge is 0.326 e. The Morgan fingerprint density at radius 1 is 1.50 bits per heavy atom. The van der Waals surface area contributed by atoms with E-state index in [-0.39, 0.29) is 5.92 Å². The first-order chi connectivity index (χ1) is 7.41. The second-order valence-electron chi connectivity index (χ2n) is 3.83. The zero-order valence-electron chi connectivity index (χ0n) is 9.00. The summed E-state index contributed by atoms with van der Waals surface area (Å²) in [6.45, 7) is 3.59. The van der Waals surface area contributed by atoms with Gasteiger partial charge < -0.3 is 10.4 Å². The predicted octanol–water partition coefficient (Wildman–Crippen LogP) is 3.11. The van der Waals surface area contributed by atoms with Gasteiger partial charge in [0.2, 0.25) is 0 Å². The minimum absolute atomic E-state index is 0.0794. The number of halogens is 2. The monoisotopic (exact) mass is 289 g/mol. The SMILES string of the molecule is CC(C)C(Nc1ccc(Br)c(F)c1)C(=O)O. The fourth-order valence-electron chi connectivity index (χ4n) is 1.28. The molecular formula is C11H13BrFNO2. The molecule has 1 atom stereocenters. The van der Waals surface area contributed by atoms with E-state index in [1.807, 2.05) is 0 Å². The summed E-state index contributed by atoms with van der Waals surface area (Å²) in [5.74, 6) is -1.44. The van der Waals surface area contributed by atoms with Gasteiger partial charge in [-0.25, -0.2) is 9.18 Å². The largest absolute Gasteiger partial charge is 0.480 e. The number of nitrogens with one attached hydrogen (secondary N) is 1. The Hall–Kier alpha value is -1.10. The maximum Gasteiger partial charge on any atom is 0.326 e. The molecule has 0 aliphatic heterocycles. The molecule has 1 unspecified atom stereocenters. The fourth-order valence-corrected chi connectivity index (χ4v) is 1.53. The van der Waals surface area contributed by atoms with Gasteiger partial charge in [-0.05, 0) is 40.0 Å². The minimum atomic E-state index is -0.946. The highest BCUT2D eigenvalue weighted by molar-refractivity contribution is 9.10. The van der Waals surface area contributed by atoms with Crippen molar-refractivity contribution >= 4 is 27.6 Å². The van der Waals surface area contributed by atoms with Crippen LogP contribution in [0.2, 0.25) is 0 Å². The molecule has 0 aliphatic carbocycles. The lowest BCUT2D eigenvalue weighted by molar-refractivity contribution is -0.138. The fraction of sp³-hybridized carbons (Fsp3) is 0.364. The van der Waals surface area contributed by atoms with E-state index in [1.165, 1.54) is 12.1 Å². The van der Waals surface area contributed by atoms with Crippen molar-refractivity contribution in [1.29, 1.82) is 0 Å². The van der Waals surface area contributed by atoms with Crippen LogP contribution in [0, 0.1) is 11.7 Å². The van der Waals surface area contributed by atoms with E-state index in [0.717, 1.165) is 0 Å². The number of anilines is 1. The van der Waals surface area contributed by atoms with Crippen LogP contribution in [-0.2, 0) is 4.79 Å². The lowest BCUT2D eigenvalue weighted by atomic mass is 10.0. The number of benzene rings is 1. The van der Waals surface area contributed by atoms with E-state index < -0.39 is 17.8 Å². The third-order valence-electron chi connectivity index (χ3n) is 2.17. The zero-order chi connectivity index (χ0) is 12.3. The van der Waals surface area contributed by atoms with Crippen LogP contribution < -0.4 is 5.32 Å². The summed E-state index contributed by atoms with van der Waals surface area (Å²) in [5.41, 5.74) is 0.460. The van der Waals surface area contributed by atoms with Crippen molar-refractivity contribution in [2.45, 2.75) is 19.9 Å². The van der Waals surface area contributed by atoms with Crippen molar-refractivity contribution in [2.24, 2.45) is 5.92 Å². The molecule has 0 amide bonds. The Kier molecular flexibility index (Phi) is 4.29. The van der Waals surface area contributed by atoms with Crippen molar-refractivity contribution < 1.29 is 14.3 Å². The van der Waals surface area contributed by atoms with Crippen LogP contribution in [0.25, 0.3) is 0 Å². The van der Waals surface area contributed by atoms with Gasteiger partial charge in [-0.1, -0.05) is 13.8 Å². The Labute approximate surface area is 102 Å². The molecule has 1 aromatic carbocycles. The van der Waals surface area contributed by atoms with Crippen LogP contribution in [0.4, 0.5) is 10.1 Å². The van der Waals surface area contributed by atoms with Gasteiger partial charge in [0.1, 0.15) is 11.9 Å². The highest BCUT2D eigenvalue weighted by atomic mass is 79.9. The number of rotatable bonds is 4. The molecular weight excluding hydrogens is 277 g/mol. The van der Waals surface area contributed by atoms with Gasteiger partial charge in [0, 0.05) is 5.69 Å². The summed E-state index contributed by atoms with van der Waals surface area (Å²) in [6.07, 6.45) is 0. The van der Waals surface area contributed by atoms with Crippen molar-refractivity contribution in [2.75, 3.05) is 5.32 Å². The molecule has 88 valence electrons. The number of carboxylic acid groups (broad SMARTS) is 1. The van der Waals surface area contributed by atoms with E-state index in [9.17, 15) is 9.18 Å². The third-order valence-corrected chi connectivity index (χ3v) is 2.82. The second kappa shape index (κ2) is 5.30. The zero-order valence-corrected chi connectivity index (χ0v) is 10.6. The second-order valence-corrected chi connectivity index (χ2v) is 4.69. The Morgan fingerprint density at radius 2 is 2.12 bits per heavy atom. The van der Waals surface area contributed by atoms with Crippen molar-refractivity contribution in [3.63, 3.8) is 0 Å². The maximum atomic E-state index is 13.2. The lowest BCUT2D eigenvalue weighted by Crippen LogP contribution is -2.34. The topological polar surface area (TPSA) is 49.3 Å². The van der Waals surface area contributed by atoms with Gasteiger partial charge in [0.25, 0.3) is 0 Å². The normalized spacial score (nSPS) is 12.6. The molecule has 0 fully saturated rings. The van der Waals surface area contributed by atoms with Crippen molar-refractivity contribution in [1.82, 2.24) is 0 Å². The molecule has 0 aromatic heterocycles. The predicted molar refractivity (Wildman–Crippen MR) is 64.0 cm³/mol.